The quantitative estimate of drug-likeness (QED) is 0.417. The first-order valence-corrected chi connectivity index (χ1v) is 4.71. The van der Waals surface area contributed by atoms with E-state index in [4.69, 9.17) is 4.74 Å². The lowest BCUT2D eigenvalue weighted by molar-refractivity contribution is -0.107. The minimum atomic E-state index is 0.327. The minimum Gasteiger partial charge on any atom is -0.492 e. The zero-order chi connectivity index (χ0) is 11.1. The molecule has 1 rings (SSSR count). The molecule has 0 aromatic heterocycles. The standard InChI is InChI=1S/C12H15NO2/c1-13(9-12(10-14)15-2)8-11-6-4-3-5-7-11/h3-7,9-10H,8H2,1-2H3/b12-9+. The van der Waals surface area contributed by atoms with Gasteiger partial charge in [0.2, 0.25) is 0 Å². The molecule has 0 aliphatic heterocycles. The second-order valence-corrected chi connectivity index (χ2v) is 3.25. The van der Waals surface area contributed by atoms with E-state index in [1.807, 2.05) is 42.3 Å². The molecule has 0 fully saturated rings. The number of rotatable bonds is 5. The van der Waals surface area contributed by atoms with Gasteiger partial charge in [-0.05, 0) is 5.56 Å². The molecule has 0 unspecified atom stereocenters. The number of hydrogen-bond donors (Lipinski definition) is 0. The van der Waals surface area contributed by atoms with Gasteiger partial charge in [-0.2, -0.15) is 0 Å². The van der Waals surface area contributed by atoms with E-state index in [1.165, 1.54) is 12.7 Å². The summed E-state index contributed by atoms with van der Waals surface area (Å²) in [6, 6.07) is 10.0. The molecule has 0 saturated carbocycles. The van der Waals surface area contributed by atoms with E-state index in [-0.39, 0.29) is 0 Å². The highest BCUT2D eigenvalue weighted by atomic mass is 16.5. The molecular formula is C12H15NO2. The van der Waals surface area contributed by atoms with Crippen molar-refractivity contribution in [1.29, 1.82) is 0 Å². The Morgan fingerprint density at radius 2 is 2.07 bits per heavy atom. The zero-order valence-corrected chi connectivity index (χ0v) is 9.01. The van der Waals surface area contributed by atoms with E-state index in [1.54, 1.807) is 6.20 Å². The largest absolute Gasteiger partial charge is 0.492 e. The van der Waals surface area contributed by atoms with Gasteiger partial charge < -0.3 is 9.64 Å². The number of benzene rings is 1. The molecule has 0 N–H and O–H groups in total. The van der Waals surface area contributed by atoms with Crippen LogP contribution in [-0.4, -0.2) is 25.3 Å². The van der Waals surface area contributed by atoms with Gasteiger partial charge in [-0.1, -0.05) is 30.3 Å². The maximum atomic E-state index is 10.5. The van der Waals surface area contributed by atoms with Crippen LogP contribution < -0.4 is 0 Å². The molecule has 1 aromatic rings. The fourth-order valence-electron chi connectivity index (χ4n) is 1.27. The molecule has 0 radical (unpaired) electrons. The number of methoxy groups -OCH3 is 1. The number of allylic oxidation sites excluding steroid dienone is 1. The minimum absolute atomic E-state index is 0.327. The van der Waals surface area contributed by atoms with E-state index in [2.05, 4.69) is 0 Å². The Kier molecular flexibility index (Phi) is 4.41. The predicted molar refractivity (Wildman–Crippen MR) is 59.1 cm³/mol. The third-order valence-electron chi connectivity index (χ3n) is 1.97. The highest BCUT2D eigenvalue weighted by Gasteiger charge is 1.98. The lowest BCUT2D eigenvalue weighted by atomic mass is 10.2. The Morgan fingerprint density at radius 3 is 2.60 bits per heavy atom. The van der Waals surface area contributed by atoms with Crippen LogP contribution in [0.2, 0.25) is 0 Å². The number of nitrogens with zero attached hydrogens (tertiary/aromatic N) is 1. The monoisotopic (exact) mass is 205 g/mol. The molecule has 3 nitrogen and oxygen atoms in total. The molecule has 0 spiro atoms. The fraction of sp³-hybridized carbons (Fsp3) is 0.250. The summed E-state index contributed by atoms with van der Waals surface area (Å²) in [5.41, 5.74) is 1.19. The molecule has 0 heterocycles. The molecule has 1 aromatic carbocycles. The van der Waals surface area contributed by atoms with Crippen LogP contribution in [0.1, 0.15) is 5.56 Å². The van der Waals surface area contributed by atoms with Crippen molar-refractivity contribution in [3.05, 3.63) is 47.9 Å². The van der Waals surface area contributed by atoms with Crippen LogP contribution >= 0.6 is 0 Å². The van der Waals surface area contributed by atoms with Crippen molar-refractivity contribution < 1.29 is 9.53 Å². The van der Waals surface area contributed by atoms with Gasteiger partial charge in [-0.3, -0.25) is 4.79 Å². The molecule has 3 heteroatoms. The van der Waals surface area contributed by atoms with Crippen LogP contribution in [0.3, 0.4) is 0 Å². The summed E-state index contributed by atoms with van der Waals surface area (Å²) in [6.45, 7) is 0.752. The molecule has 15 heavy (non-hydrogen) atoms. The lowest BCUT2D eigenvalue weighted by Crippen LogP contribution is -2.11. The molecule has 80 valence electrons. The van der Waals surface area contributed by atoms with E-state index >= 15 is 0 Å². The number of ether oxygens (including phenoxy) is 1. The maximum absolute atomic E-state index is 10.5. The van der Waals surface area contributed by atoms with Crippen molar-refractivity contribution in [2.24, 2.45) is 0 Å². The third kappa shape index (κ3) is 3.85. The summed E-state index contributed by atoms with van der Waals surface area (Å²) in [7, 11) is 3.38. The molecule has 0 amide bonds. The van der Waals surface area contributed by atoms with Gasteiger partial charge in [0.05, 0.1) is 7.11 Å². The summed E-state index contributed by atoms with van der Waals surface area (Å²) in [5, 5.41) is 0. The molecular weight excluding hydrogens is 190 g/mol. The normalized spacial score (nSPS) is 10.9. The highest BCUT2D eigenvalue weighted by molar-refractivity contribution is 5.69. The van der Waals surface area contributed by atoms with Gasteiger partial charge in [-0.15, -0.1) is 0 Å². The molecule has 0 bridgehead atoms. The molecule has 0 aliphatic rings. The van der Waals surface area contributed by atoms with Crippen molar-refractivity contribution in [3.63, 3.8) is 0 Å². The summed E-state index contributed by atoms with van der Waals surface area (Å²) >= 11 is 0. The first kappa shape index (κ1) is 11.3. The first-order valence-electron chi connectivity index (χ1n) is 4.71. The Bertz CT molecular complexity index is 333. The Hall–Kier alpha value is -1.77. The number of carbonyl (C=O) groups excluding carboxylic acids is 1. The maximum Gasteiger partial charge on any atom is 0.186 e. The lowest BCUT2D eigenvalue weighted by Gasteiger charge is -2.14. The van der Waals surface area contributed by atoms with Crippen LogP contribution in [0.5, 0.6) is 0 Å². The second-order valence-electron chi connectivity index (χ2n) is 3.25. The molecule has 0 saturated heterocycles. The summed E-state index contributed by atoms with van der Waals surface area (Å²) in [6.07, 6.45) is 2.38. The van der Waals surface area contributed by atoms with Gasteiger partial charge in [0, 0.05) is 19.8 Å². The van der Waals surface area contributed by atoms with E-state index in [9.17, 15) is 4.79 Å². The predicted octanol–water partition coefficient (Wildman–Crippen LogP) is 1.81. The van der Waals surface area contributed by atoms with Gasteiger partial charge in [0.25, 0.3) is 0 Å². The first-order chi connectivity index (χ1) is 7.26. The third-order valence-corrected chi connectivity index (χ3v) is 1.97. The average molecular weight is 205 g/mol. The van der Waals surface area contributed by atoms with Crippen LogP contribution in [0.4, 0.5) is 0 Å². The molecule has 0 atom stereocenters. The molecule has 0 aliphatic carbocycles. The van der Waals surface area contributed by atoms with E-state index < -0.39 is 0 Å². The fourth-order valence-corrected chi connectivity index (χ4v) is 1.27. The summed E-state index contributed by atoms with van der Waals surface area (Å²) in [5.74, 6) is 0.327. The second kappa shape index (κ2) is 5.86. The van der Waals surface area contributed by atoms with Gasteiger partial charge in [0.1, 0.15) is 0 Å². The Balaban J connectivity index is 2.60. The zero-order valence-electron chi connectivity index (χ0n) is 9.01. The van der Waals surface area contributed by atoms with Gasteiger partial charge in [0.15, 0.2) is 12.0 Å². The van der Waals surface area contributed by atoms with Gasteiger partial charge >= 0.3 is 0 Å². The number of carbonyl (C=O) groups is 1. The van der Waals surface area contributed by atoms with Crippen molar-refractivity contribution in [2.45, 2.75) is 6.54 Å². The topological polar surface area (TPSA) is 29.5 Å². The van der Waals surface area contributed by atoms with E-state index in [0.29, 0.717) is 12.0 Å². The summed E-state index contributed by atoms with van der Waals surface area (Å²) < 4.78 is 4.86. The number of hydrogen-bond acceptors (Lipinski definition) is 3. The van der Waals surface area contributed by atoms with E-state index in [0.717, 1.165) is 6.54 Å². The van der Waals surface area contributed by atoms with Gasteiger partial charge in [-0.25, -0.2) is 0 Å². The van der Waals surface area contributed by atoms with Crippen molar-refractivity contribution in [2.75, 3.05) is 14.2 Å². The van der Waals surface area contributed by atoms with Crippen LogP contribution in [0, 0.1) is 0 Å². The van der Waals surface area contributed by atoms with Crippen LogP contribution in [0.25, 0.3) is 0 Å². The average Bonchev–Trinajstić information content (AvgIpc) is 2.27. The Morgan fingerprint density at radius 1 is 1.40 bits per heavy atom. The van der Waals surface area contributed by atoms with Crippen LogP contribution in [0.15, 0.2) is 42.3 Å². The SMILES string of the molecule is CO/C(C=O)=C/N(C)Cc1ccccc1. The van der Waals surface area contributed by atoms with Crippen molar-refractivity contribution in [3.8, 4) is 0 Å². The Labute approximate surface area is 90.0 Å². The highest BCUT2D eigenvalue weighted by Crippen LogP contribution is 2.04. The van der Waals surface area contributed by atoms with Crippen LogP contribution in [-0.2, 0) is 16.1 Å². The van der Waals surface area contributed by atoms with Crippen molar-refractivity contribution >= 4 is 6.29 Å². The smallest absolute Gasteiger partial charge is 0.186 e. The summed E-state index contributed by atoms with van der Waals surface area (Å²) in [4.78, 5) is 12.4. The number of aldehydes is 1. The van der Waals surface area contributed by atoms with Crippen molar-refractivity contribution in [1.82, 2.24) is 4.90 Å².